The van der Waals surface area contributed by atoms with Crippen molar-refractivity contribution in [1.29, 1.82) is 0 Å². The van der Waals surface area contributed by atoms with Gasteiger partial charge in [-0.1, -0.05) is 35.9 Å². The predicted octanol–water partition coefficient (Wildman–Crippen LogP) is 3.19. The summed E-state index contributed by atoms with van der Waals surface area (Å²) in [6, 6.07) is 16.4. The minimum Gasteiger partial charge on any atom is -0.484 e. The van der Waals surface area contributed by atoms with Gasteiger partial charge in [0.1, 0.15) is 5.75 Å². The van der Waals surface area contributed by atoms with Crippen LogP contribution in [0, 0.1) is 0 Å². The van der Waals surface area contributed by atoms with Crippen LogP contribution in [0.3, 0.4) is 0 Å². The van der Waals surface area contributed by atoms with E-state index in [0.29, 0.717) is 49.2 Å². The summed E-state index contributed by atoms with van der Waals surface area (Å²) in [5.74, 6) is 0.703. The monoisotopic (exact) mass is 486 g/mol. The van der Waals surface area contributed by atoms with Crippen LogP contribution in [-0.2, 0) is 9.53 Å². The molecule has 4 rings (SSSR count). The summed E-state index contributed by atoms with van der Waals surface area (Å²) in [5.41, 5.74) is 0.675. The van der Waals surface area contributed by atoms with Gasteiger partial charge in [-0.3, -0.25) is 9.69 Å². The Morgan fingerprint density at radius 3 is 2.68 bits per heavy atom. The Bertz CT molecular complexity index is 961. The highest BCUT2D eigenvalue weighted by Crippen LogP contribution is 2.17. The number of amides is 3. The van der Waals surface area contributed by atoms with E-state index in [1.807, 2.05) is 41.3 Å². The molecule has 2 aliphatic rings. The Kier molecular flexibility index (Phi) is 8.62. The molecule has 2 aromatic carbocycles. The molecule has 2 heterocycles. The number of nitrogens with one attached hydrogen (secondary N) is 1. The summed E-state index contributed by atoms with van der Waals surface area (Å²) in [6.45, 7) is 5.38. The molecule has 2 fully saturated rings. The minimum absolute atomic E-state index is 0.00322. The lowest BCUT2D eigenvalue weighted by molar-refractivity contribution is -0.133. The number of benzene rings is 2. The number of ether oxygens (including phenoxy) is 2. The van der Waals surface area contributed by atoms with E-state index >= 15 is 0 Å². The standard InChI is InChI=1S/C25H31ClN4O4/c26-20-6-4-7-21(16-20)27-25(32)30-14-15-33-23(18-30)17-28-10-5-11-29(13-12-28)24(31)19-34-22-8-2-1-3-9-22/h1-4,6-9,16,23H,5,10-15,17-19H2,(H,27,32)/t23-/m1/s1. The second-order valence-corrected chi connectivity index (χ2v) is 8.95. The maximum Gasteiger partial charge on any atom is 0.322 e. The van der Waals surface area contributed by atoms with Crippen LogP contribution in [0.15, 0.2) is 54.6 Å². The van der Waals surface area contributed by atoms with Gasteiger partial charge < -0.3 is 24.6 Å². The van der Waals surface area contributed by atoms with Crippen molar-refractivity contribution in [2.75, 3.05) is 64.3 Å². The SMILES string of the molecule is O=C(COc1ccccc1)N1CCCN(C[C@@H]2CN(C(=O)Nc3cccc(Cl)c3)CCO2)CC1. The van der Waals surface area contributed by atoms with Crippen LogP contribution >= 0.6 is 11.6 Å². The zero-order valence-corrected chi connectivity index (χ0v) is 20.0. The summed E-state index contributed by atoms with van der Waals surface area (Å²) in [5, 5.41) is 3.49. The number of rotatable bonds is 6. The molecule has 2 aromatic rings. The van der Waals surface area contributed by atoms with E-state index in [1.165, 1.54) is 0 Å². The number of halogens is 1. The number of hydrogen-bond acceptors (Lipinski definition) is 5. The predicted molar refractivity (Wildman–Crippen MR) is 131 cm³/mol. The Hall–Kier alpha value is -2.81. The molecule has 2 saturated heterocycles. The second kappa shape index (κ2) is 12.1. The number of carbonyl (C=O) groups excluding carboxylic acids is 2. The van der Waals surface area contributed by atoms with E-state index in [-0.39, 0.29) is 24.6 Å². The Morgan fingerprint density at radius 1 is 1.00 bits per heavy atom. The van der Waals surface area contributed by atoms with Crippen LogP contribution in [0.5, 0.6) is 5.75 Å². The second-order valence-electron chi connectivity index (χ2n) is 8.52. The van der Waals surface area contributed by atoms with Crippen LogP contribution in [0.2, 0.25) is 5.02 Å². The van der Waals surface area contributed by atoms with E-state index in [1.54, 1.807) is 23.1 Å². The van der Waals surface area contributed by atoms with Crippen molar-refractivity contribution in [3.63, 3.8) is 0 Å². The van der Waals surface area contributed by atoms with E-state index < -0.39 is 0 Å². The molecule has 1 N–H and O–H groups in total. The van der Waals surface area contributed by atoms with Gasteiger partial charge in [-0.25, -0.2) is 4.79 Å². The first kappa shape index (κ1) is 24.3. The van der Waals surface area contributed by atoms with Crippen molar-refractivity contribution in [3.05, 3.63) is 59.6 Å². The number of carbonyl (C=O) groups is 2. The maximum atomic E-state index is 12.7. The number of para-hydroxylation sites is 1. The van der Waals surface area contributed by atoms with Crippen molar-refractivity contribution in [2.45, 2.75) is 12.5 Å². The molecule has 0 aromatic heterocycles. The van der Waals surface area contributed by atoms with Crippen molar-refractivity contribution in [1.82, 2.24) is 14.7 Å². The van der Waals surface area contributed by atoms with E-state index in [2.05, 4.69) is 10.2 Å². The Morgan fingerprint density at radius 2 is 1.85 bits per heavy atom. The average Bonchev–Trinajstić information content (AvgIpc) is 3.09. The Balaban J connectivity index is 1.22. The molecule has 0 unspecified atom stereocenters. The van der Waals surface area contributed by atoms with Gasteiger partial charge in [0.2, 0.25) is 0 Å². The molecule has 34 heavy (non-hydrogen) atoms. The van der Waals surface area contributed by atoms with Crippen LogP contribution in [0.1, 0.15) is 6.42 Å². The molecule has 0 saturated carbocycles. The molecule has 1 atom stereocenters. The zero-order valence-electron chi connectivity index (χ0n) is 19.2. The van der Waals surface area contributed by atoms with E-state index in [4.69, 9.17) is 21.1 Å². The van der Waals surface area contributed by atoms with Gasteiger partial charge in [-0.2, -0.15) is 0 Å². The first-order valence-corrected chi connectivity index (χ1v) is 12.1. The highest BCUT2D eigenvalue weighted by atomic mass is 35.5. The lowest BCUT2D eigenvalue weighted by atomic mass is 10.2. The molecule has 0 radical (unpaired) electrons. The highest BCUT2D eigenvalue weighted by molar-refractivity contribution is 6.30. The maximum absolute atomic E-state index is 12.7. The molecule has 3 amide bonds. The van der Waals surface area contributed by atoms with Gasteiger partial charge in [0.05, 0.1) is 12.7 Å². The number of urea groups is 1. The number of nitrogens with zero attached hydrogens (tertiary/aromatic N) is 3. The minimum atomic E-state index is -0.151. The molecule has 0 spiro atoms. The zero-order chi connectivity index (χ0) is 23.8. The molecular weight excluding hydrogens is 456 g/mol. The number of morpholine rings is 1. The summed E-state index contributed by atoms with van der Waals surface area (Å²) in [6.07, 6.45) is 0.825. The molecule has 182 valence electrons. The van der Waals surface area contributed by atoms with Crippen molar-refractivity contribution in [2.24, 2.45) is 0 Å². The first-order chi connectivity index (χ1) is 16.6. The Labute approximate surface area is 205 Å². The third-order valence-corrected chi connectivity index (χ3v) is 6.25. The lowest BCUT2D eigenvalue weighted by Crippen LogP contribution is -2.51. The van der Waals surface area contributed by atoms with Gasteiger partial charge in [-0.05, 0) is 43.3 Å². The smallest absolute Gasteiger partial charge is 0.322 e. The van der Waals surface area contributed by atoms with Gasteiger partial charge in [0, 0.05) is 50.0 Å². The summed E-state index contributed by atoms with van der Waals surface area (Å²) < 4.78 is 11.6. The average molecular weight is 487 g/mol. The number of anilines is 1. The molecule has 2 aliphatic heterocycles. The van der Waals surface area contributed by atoms with E-state index in [9.17, 15) is 9.59 Å². The normalized spacial score (nSPS) is 19.4. The van der Waals surface area contributed by atoms with Gasteiger partial charge in [0.25, 0.3) is 5.91 Å². The third-order valence-electron chi connectivity index (χ3n) is 6.01. The van der Waals surface area contributed by atoms with Gasteiger partial charge in [0.15, 0.2) is 6.61 Å². The summed E-state index contributed by atoms with van der Waals surface area (Å²) in [7, 11) is 0. The molecule has 0 bridgehead atoms. The van der Waals surface area contributed by atoms with Crippen LogP contribution in [0.25, 0.3) is 0 Å². The van der Waals surface area contributed by atoms with Gasteiger partial charge in [-0.15, -0.1) is 0 Å². The third kappa shape index (κ3) is 7.09. The van der Waals surface area contributed by atoms with Crippen molar-refractivity contribution in [3.8, 4) is 5.75 Å². The summed E-state index contributed by atoms with van der Waals surface area (Å²) in [4.78, 5) is 31.3. The first-order valence-electron chi connectivity index (χ1n) is 11.7. The lowest BCUT2D eigenvalue weighted by Gasteiger charge is -2.35. The van der Waals surface area contributed by atoms with Gasteiger partial charge >= 0.3 is 6.03 Å². The van der Waals surface area contributed by atoms with Crippen LogP contribution < -0.4 is 10.1 Å². The fraction of sp³-hybridized carbons (Fsp3) is 0.440. The largest absolute Gasteiger partial charge is 0.484 e. The fourth-order valence-electron chi connectivity index (χ4n) is 4.23. The van der Waals surface area contributed by atoms with E-state index in [0.717, 1.165) is 26.1 Å². The molecule has 9 heteroatoms. The molecular formula is C25H31ClN4O4. The molecule has 0 aliphatic carbocycles. The van der Waals surface area contributed by atoms with Crippen LogP contribution in [0.4, 0.5) is 10.5 Å². The number of hydrogen-bond donors (Lipinski definition) is 1. The van der Waals surface area contributed by atoms with Crippen LogP contribution in [-0.4, -0.2) is 91.8 Å². The quantitative estimate of drug-likeness (QED) is 0.678. The van der Waals surface area contributed by atoms with Crippen molar-refractivity contribution >= 4 is 29.2 Å². The van der Waals surface area contributed by atoms with Crippen molar-refractivity contribution < 1.29 is 19.1 Å². The fourth-order valence-corrected chi connectivity index (χ4v) is 4.42. The molecule has 8 nitrogen and oxygen atoms in total. The summed E-state index contributed by atoms with van der Waals surface area (Å²) >= 11 is 6.01. The highest BCUT2D eigenvalue weighted by Gasteiger charge is 2.27. The topological polar surface area (TPSA) is 74.4 Å².